The molecule has 2 aromatic rings. The molecule has 0 radical (unpaired) electrons. The van der Waals surface area contributed by atoms with Crippen molar-refractivity contribution in [1.82, 2.24) is 9.97 Å². The van der Waals surface area contributed by atoms with Crippen molar-refractivity contribution in [1.29, 1.82) is 0 Å². The van der Waals surface area contributed by atoms with Crippen LogP contribution in [0.25, 0.3) is 0 Å². The van der Waals surface area contributed by atoms with E-state index in [9.17, 15) is 8.42 Å². The maximum Gasteiger partial charge on any atom is 0.263 e. The van der Waals surface area contributed by atoms with Gasteiger partial charge in [0.25, 0.3) is 10.0 Å². The molecule has 1 aromatic heterocycles. The standard InChI is InChI=1S/C10H8BrN3O2S/c11-8-2-1-3-9(6-8)17(15,16)14-10-7-12-4-5-13-10/h1-7H,(H,13,14). The molecule has 1 N–H and O–H groups in total. The van der Waals surface area contributed by atoms with Gasteiger partial charge < -0.3 is 0 Å². The lowest BCUT2D eigenvalue weighted by Gasteiger charge is -2.06. The summed E-state index contributed by atoms with van der Waals surface area (Å²) in [5.41, 5.74) is 0. The fourth-order valence-corrected chi connectivity index (χ4v) is 2.77. The monoisotopic (exact) mass is 313 g/mol. The SMILES string of the molecule is O=S(=O)(Nc1cnccn1)c1cccc(Br)c1. The molecule has 0 spiro atoms. The van der Waals surface area contributed by atoms with E-state index in [0.717, 1.165) is 0 Å². The van der Waals surface area contributed by atoms with Gasteiger partial charge in [-0.05, 0) is 18.2 Å². The Kier molecular flexibility index (Phi) is 3.39. The summed E-state index contributed by atoms with van der Waals surface area (Å²) in [6.07, 6.45) is 4.23. The lowest BCUT2D eigenvalue weighted by molar-refractivity contribution is 0.601. The predicted molar refractivity (Wildman–Crippen MR) is 67.0 cm³/mol. The minimum Gasteiger partial charge on any atom is -0.262 e. The van der Waals surface area contributed by atoms with Crippen molar-refractivity contribution in [2.24, 2.45) is 0 Å². The van der Waals surface area contributed by atoms with E-state index < -0.39 is 10.0 Å². The summed E-state index contributed by atoms with van der Waals surface area (Å²) in [4.78, 5) is 7.79. The smallest absolute Gasteiger partial charge is 0.262 e. The molecule has 0 atom stereocenters. The predicted octanol–water partition coefficient (Wildman–Crippen LogP) is 2.04. The Bertz CT molecular complexity index is 616. The highest BCUT2D eigenvalue weighted by atomic mass is 79.9. The molecule has 0 aliphatic carbocycles. The van der Waals surface area contributed by atoms with Gasteiger partial charge in [-0.15, -0.1) is 0 Å². The van der Waals surface area contributed by atoms with E-state index in [0.29, 0.717) is 4.47 Å². The topological polar surface area (TPSA) is 72.0 Å². The third kappa shape index (κ3) is 3.01. The van der Waals surface area contributed by atoms with Crippen LogP contribution in [0.5, 0.6) is 0 Å². The molecule has 0 unspecified atom stereocenters. The first kappa shape index (κ1) is 12.0. The van der Waals surface area contributed by atoms with Gasteiger partial charge in [0.15, 0.2) is 5.82 Å². The summed E-state index contributed by atoms with van der Waals surface area (Å²) in [7, 11) is -3.62. The third-order valence-corrected chi connectivity index (χ3v) is 3.75. The van der Waals surface area contributed by atoms with Crippen LogP contribution in [0.3, 0.4) is 0 Å². The molecule has 5 nitrogen and oxygen atoms in total. The normalized spacial score (nSPS) is 11.1. The number of benzene rings is 1. The highest BCUT2D eigenvalue weighted by molar-refractivity contribution is 9.10. The minimum atomic E-state index is -3.62. The molecule has 0 aliphatic rings. The van der Waals surface area contributed by atoms with E-state index in [1.165, 1.54) is 30.7 Å². The van der Waals surface area contributed by atoms with E-state index in [-0.39, 0.29) is 10.7 Å². The number of aromatic nitrogens is 2. The molecular formula is C10H8BrN3O2S. The van der Waals surface area contributed by atoms with Crippen LogP contribution in [0, 0.1) is 0 Å². The average molecular weight is 314 g/mol. The summed E-state index contributed by atoms with van der Waals surface area (Å²) in [6.45, 7) is 0. The number of halogens is 1. The number of rotatable bonds is 3. The molecular weight excluding hydrogens is 306 g/mol. The number of hydrogen-bond acceptors (Lipinski definition) is 4. The summed E-state index contributed by atoms with van der Waals surface area (Å²) < 4.78 is 26.9. The van der Waals surface area contributed by atoms with Gasteiger partial charge in [-0.2, -0.15) is 0 Å². The summed E-state index contributed by atoms with van der Waals surface area (Å²) in [5, 5.41) is 0. The van der Waals surface area contributed by atoms with Crippen molar-refractivity contribution in [2.75, 3.05) is 4.72 Å². The molecule has 7 heteroatoms. The van der Waals surface area contributed by atoms with E-state index >= 15 is 0 Å². The number of sulfonamides is 1. The van der Waals surface area contributed by atoms with Crippen molar-refractivity contribution in [3.63, 3.8) is 0 Å². The Balaban J connectivity index is 2.32. The number of nitrogens with zero attached hydrogens (tertiary/aromatic N) is 2. The Morgan fingerprint density at radius 1 is 1.24 bits per heavy atom. The second kappa shape index (κ2) is 4.80. The molecule has 0 saturated carbocycles. The molecule has 88 valence electrons. The molecule has 17 heavy (non-hydrogen) atoms. The zero-order valence-corrected chi connectivity index (χ0v) is 10.9. The Labute approximate surface area is 107 Å². The van der Waals surface area contributed by atoms with Crippen LogP contribution in [0.4, 0.5) is 5.82 Å². The van der Waals surface area contributed by atoms with Crippen molar-refractivity contribution < 1.29 is 8.42 Å². The highest BCUT2D eigenvalue weighted by Crippen LogP contribution is 2.18. The fourth-order valence-electron chi connectivity index (χ4n) is 1.18. The molecule has 0 fully saturated rings. The van der Waals surface area contributed by atoms with Crippen LogP contribution in [-0.4, -0.2) is 18.4 Å². The quantitative estimate of drug-likeness (QED) is 0.941. The Morgan fingerprint density at radius 2 is 2.06 bits per heavy atom. The number of anilines is 1. The molecule has 0 saturated heterocycles. The van der Waals surface area contributed by atoms with E-state index in [4.69, 9.17) is 0 Å². The lowest BCUT2D eigenvalue weighted by Crippen LogP contribution is -2.13. The highest BCUT2D eigenvalue weighted by Gasteiger charge is 2.14. The summed E-state index contributed by atoms with van der Waals surface area (Å²) >= 11 is 3.22. The number of nitrogens with one attached hydrogen (secondary N) is 1. The van der Waals surface area contributed by atoms with Gasteiger partial charge in [0.2, 0.25) is 0 Å². The molecule has 0 amide bonds. The van der Waals surface area contributed by atoms with Crippen molar-refractivity contribution >= 4 is 31.8 Å². The van der Waals surface area contributed by atoms with Crippen LogP contribution in [0.2, 0.25) is 0 Å². The second-order valence-electron chi connectivity index (χ2n) is 3.15. The first-order chi connectivity index (χ1) is 8.08. The molecule has 1 aromatic carbocycles. The van der Waals surface area contributed by atoms with Gasteiger partial charge in [-0.1, -0.05) is 22.0 Å². The van der Waals surface area contributed by atoms with Crippen molar-refractivity contribution in [3.8, 4) is 0 Å². The third-order valence-electron chi connectivity index (χ3n) is 1.91. The largest absolute Gasteiger partial charge is 0.263 e. The molecule has 0 aliphatic heterocycles. The molecule has 2 rings (SSSR count). The maximum atomic E-state index is 12.0. The average Bonchev–Trinajstić information content (AvgIpc) is 2.30. The zero-order valence-electron chi connectivity index (χ0n) is 8.54. The van der Waals surface area contributed by atoms with Gasteiger partial charge in [0.05, 0.1) is 11.1 Å². The molecule has 1 heterocycles. The van der Waals surface area contributed by atoms with Crippen LogP contribution in [0.1, 0.15) is 0 Å². The van der Waals surface area contributed by atoms with Crippen LogP contribution >= 0.6 is 15.9 Å². The number of hydrogen-bond donors (Lipinski definition) is 1. The van der Waals surface area contributed by atoms with E-state index in [1.807, 2.05) is 0 Å². The van der Waals surface area contributed by atoms with Crippen molar-refractivity contribution in [3.05, 3.63) is 47.3 Å². The van der Waals surface area contributed by atoms with Gasteiger partial charge in [-0.25, -0.2) is 13.4 Å². The first-order valence-electron chi connectivity index (χ1n) is 4.62. The van der Waals surface area contributed by atoms with Gasteiger partial charge in [-0.3, -0.25) is 9.71 Å². The Hall–Kier alpha value is -1.47. The zero-order chi connectivity index (χ0) is 12.3. The first-order valence-corrected chi connectivity index (χ1v) is 6.90. The minimum absolute atomic E-state index is 0.164. The van der Waals surface area contributed by atoms with Crippen molar-refractivity contribution in [2.45, 2.75) is 4.90 Å². The van der Waals surface area contributed by atoms with Crippen LogP contribution in [-0.2, 0) is 10.0 Å². The van der Waals surface area contributed by atoms with Gasteiger partial charge in [0, 0.05) is 16.9 Å². The summed E-state index contributed by atoms with van der Waals surface area (Å²) in [6, 6.07) is 6.42. The summed E-state index contributed by atoms with van der Waals surface area (Å²) in [5.74, 6) is 0.187. The Morgan fingerprint density at radius 3 is 2.71 bits per heavy atom. The van der Waals surface area contributed by atoms with E-state index in [1.54, 1.807) is 12.1 Å². The van der Waals surface area contributed by atoms with E-state index in [2.05, 4.69) is 30.6 Å². The lowest BCUT2D eigenvalue weighted by atomic mass is 10.4. The fraction of sp³-hybridized carbons (Fsp3) is 0. The van der Waals surface area contributed by atoms with Gasteiger partial charge in [0.1, 0.15) is 0 Å². The van der Waals surface area contributed by atoms with Gasteiger partial charge >= 0.3 is 0 Å². The van der Waals surface area contributed by atoms with Crippen LogP contribution < -0.4 is 4.72 Å². The maximum absolute atomic E-state index is 12.0. The second-order valence-corrected chi connectivity index (χ2v) is 5.75. The molecule has 0 bridgehead atoms. The van der Waals surface area contributed by atoms with Crippen LogP contribution in [0.15, 0.2) is 52.2 Å².